The lowest BCUT2D eigenvalue weighted by atomic mass is 10.1. The molecule has 1 aromatic heterocycles. The van der Waals surface area contributed by atoms with Crippen molar-refractivity contribution in [2.24, 2.45) is 0 Å². The van der Waals surface area contributed by atoms with Crippen molar-refractivity contribution in [1.29, 1.82) is 0 Å². The molecule has 0 radical (unpaired) electrons. The number of ether oxygens (including phenoxy) is 1. The Hall–Kier alpha value is -2.17. The second kappa shape index (κ2) is 6.54. The Morgan fingerprint density at radius 2 is 2.06 bits per heavy atom. The number of allylic oxidation sites excluding steroid dienone is 2. The van der Waals surface area contributed by atoms with Gasteiger partial charge < -0.3 is 9.15 Å². The van der Waals surface area contributed by atoms with Crippen LogP contribution in [0.3, 0.4) is 0 Å². The minimum atomic E-state index is -0.599. The number of hydrogen-bond donors (Lipinski definition) is 0. The maximum atomic E-state index is 11.7. The third-order valence-electron chi connectivity index (χ3n) is 2.01. The fourth-order valence-corrected chi connectivity index (χ4v) is 1.30. The van der Waals surface area contributed by atoms with Crippen molar-refractivity contribution in [3.8, 4) is 0 Å². The highest BCUT2D eigenvalue weighted by Crippen LogP contribution is 2.08. The maximum absolute atomic E-state index is 11.7. The molecular weight excluding hydrogens is 236 g/mol. The van der Waals surface area contributed by atoms with Crippen molar-refractivity contribution in [3.05, 3.63) is 36.0 Å². The molecule has 1 rings (SSSR count). The van der Waals surface area contributed by atoms with Gasteiger partial charge in [-0.15, -0.1) is 0 Å². The Bertz CT molecular complexity index is 468. The van der Waals surface area contributed by atoms with E-state index in [0.717, 1.165) is 0 Å². The van der Waals surface area contributed by atoms with E-state index in [1.807, 2.05) is 0 Å². The first-order chi connectivity index (χ1) is 8.49. The number of rotatable bonds is 6. The standard InChI is InChI=1S/C13H14O5/c1-9(14)8-12(16)13(18-10(2)15)6-5-11-4-3-7-17-11/h3-4,6-7H,5,8H2,1-2H3. The lowest BCUT2D eigenvalue weighted by molar-refractivity contribution is -0.141. The smallest absolute Gasteiger partial charge is 0.308 e. The van der Waals surface area contributed by atoms with E-state index in [1.54, 1.807) is 12.1 Å². The van der Waals surface area contributed by atoms with Crippen LogP contribution in [0, 0.1) is 0 Å². The van der Waals surface area contributed by atoms with Crippen LogP contribution in [0.15, 0.2) is 34.6 Å². The highest BCUT2D eigenvalue weighted by atomic mass is 16.5. The minimum Gasteiger partial charge on any atom is -0.469 e. The summed E-state index contributed by atoms with van der Waals surface area (Å²) >= 11 is 0. The fourth-order valence-electron chi connectivity index (χ4n) is 1.30. The zero-order valence-electron chi connectivity index (χ0n) is 10.3. The molecule has 0 aliphatic rings. The summed E-state index contributed by atoms with van der Waals surface area (Å²) in [6.07, 6.45) is 2.98. The topological polar surface area (TPSA) is 73.6 Å². The van der Waals surface area contributed by atoms with Crippen LogP contribution in [-0.4, -0.2) is 17.5 Å². The Balaban J connectivity index is 2.76. The molecule has 5 nitrogen and oxygen atoms in total. The fraction of sp³-hybridized carbons (Fsp3) is 0.308. The van der Waals surface area contributed by atoms with E-state index in [0.29, 0.717) is 12.2 Å². The molecular formula is C13H14O5. The van der Waals surface area contributed by atoms with Gasteiger partial charge in [-0.2, -0.15) is 0 Å². The summed E-state index contributed by atoms with van der Waals surface area (Å²) < 4.78 is 9.88. The highest BCUT2D eigenvalue weighted by Gasteiger charge is 2.15. The second-order valence-corrected chi connectivity index (χ2v) is 3.75. The van der Waals surface area contributed by atoms with Gasteiger partial charge in [0.2, 0.25) is 5.78 Å². The Morgan fingerprint density at radius 1 is 1.33 bits per heavy atom. The Labute approximate surface area is 104 Å². The van der Waals surface area contributed by atoms with Crippen LogP contribution in [0.5, 0.6) is 0 Å². The van der Waals surface area contributed by atoms with Gasteiger partial charge in [0.15, 0.2) is 5.76 Å². The van der Waals surface area contributed by atoms with Crippen LogP contribution in [0.4, 0.5) is 0 Å². The van der Waals surface area contributed by atoms with Gasteiger partial charge >= 0.3 is 5.97 Å². The van der Waals surface area contributed by atoms with E-state index in [9.17, 15) is 14.4 Å². The van der Waals surface area contributed by atoms with Crippen LogP contribution in [0.2, 0.25) is 0 Å². The van der Waals surface area contributed by atoms with Crippen molar-refractivity contribution in [2.75, 3.05) is 0 Å². The van der Waals surface area contributed by atoms with Gasteiger partial charge in [-0.3, -0.25) is 14.4 Å². The van der Waals surface area contributed by atoms with E-state index in [-0.39, 0.29) is 18.0 Å². The normalized spacial score (nSPS) is 11.1. The molecule has 0 unspecified atom stereocenters. The molecule has 0 bridgehead atoms. The van der Waals surface area contributed by atoms with Crippen molar-refractivity contribution >= 4 is 17.5 Å². The summed E-state index contributed by atoms with van der Waals surface area (Å²) in [6, 6.07) is 3.45. The number of carbonyl (C=O) groups excluding carboxylic acids is 3. The van der Waals surface area contributed by atoms with Crippen LogP contribution < -0.4 is 0 Å². The van der Waals surface area contributed by atoms with E-state index >= 15 is 0 Å². The molecule has 0 saturated heterocycles. The molecule has 5 heteroatoms. The molecule has 0 aliphatic heterocycles. The third-order valence-corrected chi connectivity index (χ3v) is 2.01. The number of esters is 1. The third kappa shape index (κ3) is 4.78. The molecule has 0 amide bonds. The number of carbonyl (C=O) groups is 3. The van der Waals surface area contributed by atoms with Crippen molar-refractivity contribution in [2.45, 2.75) is 26.7 Å². The summed E-state index contributed by atoms with van der Waals surface area (Å²) in [5, 5.41) is 0. The lowest BCUT2D eigenvalue weighted by Gasteiger charge is -2.04. The van der Waals surface area contributed by atoms with E-state index < -0.39 is 11.8 Å². The van der Waals surface area contributed by atoms with Crippen LogP contribution >= 0.6 is 0 Å². The number of furan rings is 1. The molecule has 1 heterocycles. The first kappa shape index (κ1) is 13.9. The van der Waals surface area contributed by atoms with Crippen molar-refractivity contribution < 1.29 is 23.5 Å². The summed E-state index contributed by atoms with van der Waals surface area (Å²) in [5.41, 5.74) is 0. The SMILES string of the molecule is CC(=O)CC(=O)C(=CCc1ccco1)OC(C)=O. The zero-order valence-corrected chi connectivity index (χ0v) is 10.3. The molecule has 0 fully saturated rings. The Kier molecular flexibility index (Phi) is 5.05. The van der Waals surface area contributed by atoms with Gasteiger partial charge in [0.1, 0.15) is 11.5 Å². The molecule has 0 spiro atoms. The molecule has 0 atom stereocenters. The van der Waals surface area contributed by atoms with Crippen LogP contribution in [0.25, 0.3) is 0 Å². The van der Waals surface area contributed by atoms with Gasteiger partial charge in [0.25, 0.3) is 0 Å². The Morgan fingerprint density at radius 3 is 2.56 bits per heavy atom. The first-order valence-corrected chi connectivity index (χ1v) is 5.42. The quantitative estimate of drug-likeness (QED) is 0.333. The summed E-state index contributed by atoms with van der Waals surface area (Å²) in [7, 11) is 0. The van der Waals surface area contributed by atoms with E-state index in [4.69, 9.17) is 9.15 Å². The van der Waals surface area contributed by atoms with Gasteiger partial charge in [-0.25, -0.2) is 0 Å². The molecule has 1 aromatic rings. The van der Waals surface area contributed by atoms with Gasteiger partial charge in [0.05, 0.1) is 12.7 Å². The van der Waals surface area contributed by atoms with Crippen molar-refractivity contribution in [1.82, 2.24) is 0 Å². The largest absolute Gasteiger partial charge is 0.469 e. The number of hydrogen-bond acceptors (Lipinski definition) is 5. The molecule has 0 N–H and O–H groups in total. The van der Waals surface area contributed by atoms with Gasteiger partial charge in [-0.1, -0.05) is 0 Å². The predicted octanol–water partition coefficient (Wildman–Crippen LogP) is 1.82. The monoisotopic (exact) mass is 250 g/mol. The van der Waals surface area contributed by atoms with Crippen LogP contribution in [-0.2, 0) is 25.5 Å². The molecule has 0 aromatic carbocycles. The molecule has 18 heavy (non-hydrogen) atoms. The number of ketones is 2. The summed E-state index contributed by atoms with van der Waals surface area (Å²) in [5.74, 6) is -0.873. The lowest BCUT2D eigenvalue weighted by Crippen LogP contribution is -2.13. The number of Topliss-reactive ketones (excluding diaryl/α,β-unsaturated/α-hetero) is 2. The van der Waals surface area contributed by atoms with Gasteiger partial charge in [0, 0.05) is 13.3 Å². The van der Waals surface area contributed by atoms with Crippen molar-refractivity contribution in [3.63, 3.8) is 0 Å². The van der Waals surface area contributed by atoms with E-state index in [1.165, 1.54) is 26.2 Å². The van der Waals surface area contributed by atoms with Crippen LogP contribution in [0.1, 0.15) is 26.0 Å². The molecule has 0 saturated carbocycles. The predicted molar refractivity (Wildman–Crippen MR) is 62.6 cm³/mol. The highest BCUT2D eigenvalue weighted by molar-refractivity contribution is 6.06. The second-order valence-electron chi connectivity index (χ2n) is 3.75. The van der Waals surface area contributed by atoms with Gasteiger partial charge in [-0.05, 0) is 25.1 Å². The average molecular weight is 250 g/mol. The van der Waals surface area contributed by atoms with E-state index in [2.05, 4.69) is 0 Å². The maximum Gasteiger partial charge on any atom is 0.308 e. The average Bonchev–Trinajstić information content (AvgIpc) is 2.75. The minimum absolute atomic E-state index is 0.117. The summed E-state index contributed by atoms with van der Waals surface area (Å²) in [4.78, 5) is 33.4. The zero-order chi connectivity index (χ0) is 13.5. The molecule has 0 aliphatic carbocycles. The summed E-state index contributed by atoms with van der Waals surface area (Å²) in [6.45, 7) is 2.50. The molecule has 96 valence electrons. The first-order valence-electron chi connectivity index (χ1n) is 5.42.